The summed E-state index contributed by atoms with van der Waals surface area (Å²) in [7, 11) is 0. The first-order valence-corrected chi connectivity index (χ1v) is 12.5. The number of imide groups is 2. The molecule has 3 heterocycles. The third kappa shape index (κ3) is 4.14. The molecule has 0 bridgehead atoms. The lowest BCUT2D eigenvalue weighted by Crippen LogP contribution is -2.56. The highest BCUT2D eigenvalue weighted by Crippen LogP contribution is 2.32. The molecule has 0 radical (unpaired) electrons. The van der Waals surface area contributed by atoms with E-state index in [0.29, 0.717) is 37.6 Å². The predicted molar refractivity (Wildman–Crippen MR) is 137 cm³/mol. The van der Waals surface area contributed by atoms with E-state index in [1.54, 1.807) is 0 Å². The largest absolute Gasteiger partial charge is 0.289 e. The summed E-state index contributed by atoms with van der Waals surface area (Å²) in [6.07, 6.45) is 0.320. The number of benzene rings is 2. The van der Waals surface area contributed by atoms with Gasteiger partial charge in [-0.1, -0.05) is 35.4 Å². The number of hydrogen-bond donors (Lipinski definition) is 0. The molecule has 3 aliphatic heterocycles. The van der Waals surface area contributed by atoms with Crippen LogP contribution in [0.25, 0.3) is 0 Å². The molecule has 3 fully saturated rings. The summed E-state index contributed by atoms with van der Waals surface area (Å²) >= 11 is 0. The van der Waals surface area contributed by atoms with Gasteiger partial charge in [-0.25, -0.2) is 9.80 Å². The summed E-state index contributed by atoms with van der Waals surface area (Å²) < 4.78 is 0. The van der Waals surface area contributed by atoms with E-state index >= 15 is 0 Å². The highest BCUT2D eigenvalue weighted by molar-refractivity contribution is 6.23. The van der Waals surface area contributed by atoms with E-state index in [0.717, 1.165) is 22.3 Å². The number of aryl methyl sites for hydroxylation is 4. The molecule has 0 saturated carbocycles. The fourth-order valence-corrected chi connectivity index (χ4v) is 5.78. The van der Waals surface area contributed by atoms with E-state index in [1.165, 1.54) is 9.80 Å². The molecule has 3 aliphatic rings. The Morgan fingerprint density at radius 1 is 0.583 bits per heavy atom. The van der Waals surface area contributed by atoms with Gasteiger partial charge in [0.05, 0.1) is 36.3 Å². The molecular formula is C28H32N4O4. The molecule has 8 heteroatoms. The van der Waals surface area contributed by atoms with Crippen molar-refractivity contribution in [2.75, 3.05) is 36.0 Å². The minimum Gasteiger partial charge on any atom is -0.289 e. The summed E-state index contributed by atoms with van der Waals surface area (Å²) in [6.45, 7) is 10.0. The minimum atomic E-state index is -0.493. The minimum absolute atomic E-state index is 0.160. The SMILES string of the molecule is Cc1ccc(N2C(=O)C[C@@H](N3CCN([C@H]4CC(=O)N(c5ccc(C)cc5C)C4=O)CC3)C2=O)c(C)c1. The van der Waals surface area contributed by atoms with Gasteiger partial charge in [-0.15, -0.1) is 0 Å². The summed E-state index contributed by atoms with van der Waals surface area (Å²) in [5.74, 6) is -0.734. The quantitative estimate of drug-likeness (QED) is 0.616. The first-order chi connectivity index (χ1) is 17.2. The second-order valence-electron chi connectivity index (χ2n) is 10.2. The highest BCUT2D eigenvalue weighted by Gasteiger charge is 2.47. The van der Waals surface area contributed by atoms with Gasteiger partial charge in [0, 0.05) is 26.2 Å². The van der Waals surface area contributed by atoms with Gasteiger partial charge in [0.1, 0.15) is 0 Å². The van der Waals surface area contributed by atoms with Crippen LogP contribution >= 0.6 is 0 Å². The standard InChI is InChI=1S/C28H32N4O4/c1-17-5-7-21(19(3)13-17)31-25(33)15-23(27(31)35)29-9-11-30(12-10-29)24-16-26(34)32(28(24)36)22-8-6-18(2)14-20(22)4/h5-8,13-14,23-24H,9-12,15-16H2,1-4H3/t23-,24+. The van der Waals surface area contributed by atoms with Crippen LogP contribution < -0.4 is 9.80 Å². The van der Waals surface area contributed by atoms with Gasteiger partial charge in [0.15, 0.2) is 0 Å². The first-order valence-electron chi connectivity index (χ1n) is 12.5. The normalized spacial score (nSPS) is 23.9. The molecule has 3 saturated heterocycles. The van der Waals surface area contributed by atoms with E-state index in [2.05, 4.69) is 0 Å². The zero-order valence-corrected chi connectivity index (χ0v) is 21.3. The summed E-state index contributed by atoms with van der Waals surface area (Å²) in [4.78, 5) is 59.0. The molecule has 0 aliphatic carbocycles. The summed E-state index contributed by atoms with van der Waals surface area (Å²) in [5, 5.41) is 0. The smallest absolute Gasteiger partial charge is 0.251 e. The lowest BCUT2D eigenvalue weighted by Gasteiger charge is -2.38. The second-order valence-corrected chi connectivity index (χ2v) is 10.2. The maximum Gasteiger partial charge on any atom is 0.251 e. The van der Waals surface area contributed by atoms with Crippen molar-refractivity contribution in [2.24, 2.45) is 0 Å². The average Bonchev–Trinajstić information content (AvgIpc) is 3.29. The van der Waals surface area contributed by atoms with Crippen molar-refractivity contribution in [1.29, 1.82) is 0 Å². The Bertz CT molecular complexity index is 1170. The number of amides is 4. The van der Waals surface area contributed by atoms with Gasteiger partial charge in [-0.2, -0.15) is 0 Å². The number of anilines is 2. The Hall–Kier alpha value is -3.36. The molecule has 2 atom stereocenters. The zero-order valence-electron chi connectivity index (χ0n) is 21.3. The van der Waals surface area contributed by atoms with Gasteiger partial charge in [0.2, 0.25) is 11.8 Å². The van der Waals surface area contributed by atoms with Crippen LogP contribution in [0.5, 0.6) is 0 Å². The fourth-order valence-electron chi connectivity index (χ4n) is 5.78. The van der Waals surface area contributed by atoms with E-state index in [4.69, 9.17) is 0 Å². The number of nitrogens with zero attached hydrogens (tertiary/aromatic N) is 4. The maximum atomic E-state index is 13.3. The first kappa shape index (κ1) is 24.3. The number of rotatable bonds is 4. The Labute approximate surface area is 211 Å². The molecule has 2 aromatic carbocycles. The van der Waals surface area contributed by atoms with Crippen LogP contribution in [0.1, 0.15) is 35.1 Å². The van der Waals surface area contributed by atoms with Crippen LogP contribution in [0, 0.1) is 27.7 Å². The molecule has 0 spiro atoms. The van der Waals surface area contributed by atoms with Crippen LogP contribution in [0.15, 0.2) is 36.4 Å². The van der Waals surface area contributed by atoms with Crippen molar-refractivity contribution < 1.29 is 19.2 Å². The molecule has 5 rings (SSSR count). The molecule has 0 unspecified atom stereocenters. The van der Waals surface area contributed by atoms with Crippen molar-refractivity contribution in [3.05, 3.63) is 58.7 Å². The van der Waals surface area contributed by atoms with E-state index in [1.807, 2.05) is 73.9 Å². The molecule has 8 nitrogen and oxygen atoms in total. The Balaban J connectivity index is 1.25. The molecule has 36 heavy (non-hydrogen) atoms. The fraction of sp³-hybridized carbons (Fsp3) is 0.429. The van der Waals surface area contributed by atoms with Gasteiger partial charge in [-0.3, -0.25) is 29.0 Å². The zero-order chi connectivity index (χ0) is 25.7. The lowest BCUT2D eigenvalue weighted by atomic mass is 10.1. The van der Waals surface area contributed by atoms with Crippen LogP contribution in [0.4, 0.5) is 11.4 Å². The molecule has 4 amide bonds. The number of hydrogen-bond acceptors (Lipinski definition) is 6. The maximum absolute atomic E-state index is 13.3. The van der Waals surface area contributed by atoms with E-state index < -0.39 is 12.1 Å². The van der Waals surface area contributed by atoms with E-state index in [9.17, 15) is 19.2 Å². The molecule has 0 N–H and O–H groups in total. The molecule has 0 aromatic heterocycles. The monoisotopic (exact) mass is 488 g/mol. The number of carbonyl (C=O) groups is 4. The van der Waals surface area contributed by atoms with Crippen LogP contribution in [0.2, 0.25) is 0 Å². The van der Waals surface area contributed by atoms with Crippen molar-refractivity contribution in [1.82, 2.24) is 9.80 Å². The highest BCUT2D eigenvalue weighted by atomic mass is 16.2. The molecule has 2 aromatic rings. The lowest BCUT2D eigenvalue weighted by molar-refractivity contribution is -0.126. The Morgan fingerprint density at radius 3 is 1.28 bits per heavy atom. The Kier molecular flexibility index (Phi) is 6.26. The predicted octanol–water partition coefficient (Wildman–Crippen LogP) is 2.50. The van der Waals surface area contributed by atoms with Crippen molar-refractivity contribution >= 4 is 35.0 Å². The number of piperazine rings is 1. The van der Waals surface area contributed by atoms with Crippen LogP contribution in [-0.4, -0.2) is 71.7 Å². The molecular weight excluding hydrogens is 456 g/mol. The summed E-state index contributed by atoms with van der Waals surface area (Å²) in [5.41, 5.74) is 5.27. The van der Waals surface area contributed by atoms with Crippen molar-refractivity contribution in [3.63, 3.8) is 0 Å². The summed E-state index contributed by atoms with van der Waals surface area (Å²) in [6, 6.07) is 10.5. The number of carbonyl (C=O) groups excluding carboxylic acids is 4. The van der Waals surface area contributed by atoms with Gasteiger partial charge in [-0.05, 0) is 51.0 Å². The second kappa shape index (κ2) is 9.26. The van der Waals surface area contributed by atoms with Crippen molar-refractivity contribution in [3.8, 4) is 0 Å². The third-order valence-corrected chi connectivity index (χ3v) is 7.66. The topological polar surface area (TPSA) is 81.2 Å². The van der Waals surface area contributed by atoms with Crippen molar-refractivity contribution in [2.45, 2.75) is 52.6 Å². The average molecular weight is 489 g/mol. The van der Waals surface area contributed by atoms with Gasteiger partial charge in [0.25, 0.3) is 11.8 Å². The van der Waals surface area contributed by atoms with Gasteiger partial charge >= 0.3 is 0 Å². The van der Waals surface area contributed by atoms with Crippen LogP contribution in [0.3, 0.4) is 0 Å². The third-order valence-electron chi connectivity index (χ3n) is 7.66. The van der Waals surface area contributed by atoms with Crippen LogP contribution in [-0.2, 0) is 19.2 Å². The Morgan fingerprint density at radius 2 is 0.944 bits per heavy atom. The van der Waals surface area contributed by atoms with E-state index in [-0.39, 0.29) is 36.5 Å². The molecule has 188 valence electrons. The van der Waals surface area contributed by atoms with Gasteiger partial charge < -0.3 is 0 Å².